The topological polar surface area (TPSA) is 68.3 Å². The highest BCUT2D eigenvalue weighted by atomic mass is 32.2. The molecule has 1 aliphatic heterocycles. The van der Waals surface area contributed by atoms with Gasteiger partial charge in [0.05, 0.1) is 18.0 Å². The van der Waals surface area contributed by atoms with Gasteiger partial charge in [0, 0.05) is 19.8 Å². The van der Waals surface area contributed by atoms with E-state index in [1.165, 1.54) is 4.90 Å². The third-order valence-electron chi connectivity index (χ3n) is 2.96. The Labute approximate surface area is 122 Å². The van der Waals surface area contributed by atoms with Crippen molar-refractivity contribution in [3.63, 3.8) is 0 Å². The van der Waals surface area contributed by atoms with Gasteiger partial charge in [-0.2, -0.15) is 0 Å². The van der Waals surface area contributed by atoms with Crippen LogP contribution in [0, 0.1) is 0 Å². The number of nitrogens with zero attached hydrogens (tertiary/aromatic N) is 2. The zero-order chi connectivity index (χ0) is 14.7. The molecule has 106 valence electrons. The summed E-state index contributed by atoms with van der Waals surface area (Å²) in [5, 5.41) is -0.213. The summed E-state index contributed by atoms with van der Waals surface area (Å²) >= 11 is 0.987. The predicted molar refractivity (Wildman–Crippen MR) is 81.2 cm³/mol. The molecule has 0 unspecified atom stereocenters. The monoisotopic (exact) mass is 292 g/mol. The minimum absolute atomic E-state index is 0.213. The average Bonchev–Trinajstić information content (AvgIpc) is 2.67. The minimum atomic E-state index is -0.222. The first-order valence-corrected chi connectivity index (χ1v) is 7.16. The van der Waals surface area contributed by atoms with Crippen LogP contribution < -0.4 is 10.6 Å². The summed E-state index contributed by atoms with van der Waals surface area (Å²) in [5.74, 6) is -0.222. The lowest BCUT2D eigenvalue weighted by Crippen LogP contribution is -2.55. The van der Waals surface area contributed by atoms with E-state index in [9.17, 15) is 9.59 Å². The third kappa shape index (κ3) is 3.02. The molecule has 0 spiro atoms. The number of carbonyl (C=O) groups is 2. The molecule has 5 nitrogen and oxygen atoms in total. The number of anilines is 1. The maximum absolute atomic E-state index is 12.1. The van der Waals surface area contributed by atoms with Gasteiger partial charge >= 0.3 is 0 Å². The van der Waals surface area contributed by atoms with Crippen LogP contribution in [0.2, 0.25) is 0 Å². The van der Waals surface area contributed by atoms with Crippen LogP contribution in [-0.4, -0.2) is 43.2 Å². The van der Waals surface area contributed by atoms with Crippen molar-refractivity contribution in [1.29, 1.82) is 0 Å². The Kier molecular flexibility index (Phi) is 4.46. The largest absolute Gasteiger partial charge is 0.378 e. The molecule has 0 atom stereocenters. The Bertz CT molecular complexity index is 552. The number of amides is 2. The average molecular weight is 292 g/mol. The molecule has 2 rings (SSSR count). The number of hydrogen-bond acceptors (Lipinski definition) is 4. The smallest absolute Gasteiger partial charge is 0.293 e. The fraction of sp³-hybridized carbons (Fsp3) is 0.286. The number of quaternary nitrogens is 1. The molecule has 1 fully saturated rings. The summed E-state index contributed by atoms with van der Waals surface area (Å²) in [6.45, 7) is 0.907. The van der Waals surface area contributed by atoms with Gasteiger partial charge in [0.2, 0.25) is 0 Å². The molecule has 2 amide bonds. The number of imide groups is 1. The second-order valence-corrected chi connectivity index (χ2v) is 5.67. The van der Waals surface area contributed by atoms with Crippen LogP contribution in [0.1, 0.15) is 5.56 Å². The standard InChI is InChI=1S/C14H17N3O2S/c1-16(2)11-5-3-10(4-6-11)9-12-13(18)17(8-7-15)14(19)20-12/h3-6,9H,7-8,15H2,1-2H3/p+1/b12-9+. The summed E-state index contributed by atoms with van der Waals surface area (Å²) in [7, 11) is 3.94. The van der Waals surface area contributed by atoms with Crippen LogP contribution in [0.4, 0.5) is 10.5 Å². The molecule has 0 aliphatic carbocycles. The van der Waals surface area contributed by atoms with E-state index in [1.807, 2.05) is 43.3 Å². The van der Waals surface area contributed by atoms with Gasteiger partial charge in [0.15, 0.2) is 0 Å². The lowest BCUT2D eigenvalue weighted by molar-refractivity contribution is -0.367. The maximum atomic E-state index is 12.1. The number of benzene rings is 1. The van der Waals surface area contributed by atoms with Crippen molar-refractivity contribution >= 4 is 34.7 Å². The number of carbonyl (C=O) groups excluding carboxylic acids is 2. The van der Waals surface area contributed by atoms with Crippen LogP contribution in [0.25, 0.3) is 6.08 Å². The van der Waals surface area contributed by atoms with Crippen LogP contribution in [0.15, 0.2) is 29.2 Å². The first-order chi connectivity index (χ1) is 9.52. The Morgan fingerprint density at radius 3 is 2.45 bits per heavy atom. The summed E-state index contributed by atoms with van der Waals surface area (Å²) < 4.78 is 0. The molecule has 0 aromatic heterocycles. The predicted octanol–water partition coefficient (Wildman–Crippen LogP) is 1.03. The molecule has 6 heteroatoms. The van der Waals surface area contributed by atoms with Crippen molar-refractivity contribution in [2.24, 2.45) is 0 Å². The van der Waals surface area contributed by atoms with Crippen molar-refractivity contribution < 1.29 is 15.3 Å². The zero-order valence-electron chi connectivity index (χ0n) is 11.6. The van der Waals surface area contributed by atoms with Gasteiger partial charge in [-0.05, 0) is 35.5 Å². The molecule has 0 radical (unpaired) electrons. The summed E-state index contributed by atoms with van der Waals surface area (Å²) in [6.07, 6.45) is 1.76. The van der Waals surface area contributed by atoms with Gasteiger partial charge < -0.3 is 10.6 Å². The van der Waals surface area contributed by atoms with E-state index in [4.69, 9.17) is 0 Å². The van der Waals surface area contributed by atoms with Gasteiger partial charge in [0.25, 0.3) is 11.1 Å². The molecular formula is C14H18N3O2S+. The van der Waals surface area contributed by atoms with E-state index in [-0.39, 0.29) is 11.1 Å². The highest BCUT2D eigenvalue weighted by Gasteiger charge is 2.34. The van der Waals surface area contributed by atoms with Gasteiger partial charge in [0.1, 0.15) is 0 Å². The van der Waals surface area contributed by atoms with E-state index >= 15 is 0 Å². The Balaban J connectivity index is 2.19. The van der Waals surface area contributed by atoms with E-state index in [2.05, 4.69) is 5.73 Å². The van der Waals surface area contributed by atoms with E-state index in [0.29, 0.717) is 18.0 Å². The molecule has 0 saturated carbocycles. The van der Waals surface area contributed by atoms with Crippen LogP contribution in [0.3, 0.4) is 0 Å². The molecule has 1 aromatic carbocycles. The fourth-order valence-corrected chi connectivity index (χ4v) is 2.74. The molecular weight excluding hydrogens is 274 g/mol. The van der Waals surface area contributed by atoms with Crippen LogP contribution in [0.5, 0.6) is 0 Å². The molecule has 1 aliphatic rings. The number of hydrogen-bond donors (Lipinski definition) is 1. The Morgan fingerprint density at radius 1 is 1.25 bits per heavy atom. The lowest BCUT2D eigenvalue weighted by Gasteiger charge is -2.11. The second kappa shape index (κ2) is 6.11. The molecule has 0 bridgehead atoms. The third-order valence-corrected chi connectivity index (χ3v) is 3.87. The molecule has 20 heavy (non-hydrogen) atoms. The maximum Gasteiger partial charge on any atom is 0.293 e. The van der Waals surface area contributed by atoms with Crippen LogP contribution in [-0.2, 0) is 4.79 Å². The van der Waals surface area contributed by atoms with Gasteiger partial charge in [-0.15, -0.1) is 0 Å². The van der Waals surface area contributed by atoms with Crippen molar-refractivity contribution in [2.75, 3.05) is 32.1 Å². The van der Waals surface area contributed by atoms with Gasteiger partial charge in [-0.25, -0.2) is 0 Å². The van der Waals surface area contributed by atoms with Crippen LogP contribution >= 0.6 is 11.8 Å². The minimum Gasteiger partial charge on any atom is -0.378 e. The summed E-state index contributed by atoms with van der Waals surface area (Å²) in [5.41, 5.74) is 5.68. The second-order valence-electron chi connectivity index (χ2n) is 4.67. The zero-order valence-corrected chi connectivity index (χ0v) is 12.4. The van der Waals surface area contributed by atoms with Crippen molar-refractivity contribution in [3.8, 4) is 0 Å². The highest BCUT2D eigenvalue weighted by molar-refractivity contribution is 8.18. The summed E-state index contributed by atoms with van der Waals surface area (Å²) in [4.78, 5) is 27.5. The summed E-state index contributed by atoms with van der Waals surface area (Å²) in [6, 6.07) is 7.83. The van der Waals surface area contributed by atoms with E-state index < -0.39 is 0 Å². The first-order valence-electron chi connectivity index (χ1n) is 6.35. The van der Waals surface area contributed by atoms with E-state index in [1.54, 1.807) is 6.08 Å². The SMILES string of the molecule is CN(C)c1ccc(/C=C2/SC(=O)N(CC[NH3+])C2=O)cc1. The molecule has 1 heterocycles. The Hall–Kier alpha value is -1.79. The van der Waals surface area contributed by atoms with Crippen molar-refractivity contribution in [2.45, 2.75) is 0 Å². The number of thioether (sulfide) groups is 1. The van der Waals surface area contributed by atoms with Gasteiger partial charge in [-0.1, -0.05) is 12.1 Å². The van der Waals surface area contributed by atoms with Gasteiger partial charge in [-0.3, -0.25) is 14.5 Å². The molecule has 1 saturated heterocycles. The number of rotatable bonds is 4. The Morgan fingerprint density at radius 2 is 1.90 bits per heavy atom. The molecule has 1 aromatic rings. The lowest BCUT2D eigenvalue weighted by atomic mass is 10.2. The molecule has 3 N–H and O–H groups in total. The van der Waals surface area contributed by atoms with Crippen molar-refractivity contribution in [3.05, 3.63) is 34.7 Å². The highest BCUT2D eigenvalue weighted by Crippen LogP contribution is 2.31. The first kappa shape index (κ1) is 14.6. The fourth-order valence-electron chi connectivity index (χ4n) is 1.87. The van der Waals surface area contributed by atoms with Crippen molar-refractivity contribution in [1.82, 2.24) is 4.90 Å². The quantitative estimate of drug-likeness (QED) is 0.842. The van der Waals surface area contributed by atoms with E-state index in [0.717, 1.165) is 23.0 Å². The normalized spacial score (nSPS) is 17.1.